The number of hydrogen-bond acceptors (Lipinski definition) is 2. The monoisotopic (exact) mass is 334 g/mol. The Bertz CT molecular complexity index is 683. The third-order valence-corrected chi connectivity index (χ3v) is 4.89. The van der Waals surface area contributed by atoms with Crippen molar-refractivity contribution in [3.8, 4) is 0 Å². The average molecular weight is 335 g/mol. The minimum absolute atomic E-state index is 0.182. The van der Waals surface area contributed by atoms with Crippen LogP contribution in [-0.2, 0) is 11.3 Å². The zero-order valence-electron chi connectivity index (χ0n) is 13.2. The van der Waals surface area contributed by atoms with Crippen LogP contribution in [0.5, 0.6) is 0 Å². The fraction of sp³-hybridized carbons (Fsp3) is 0.500. The van der Waals surface area contributed by atoms with Crippen molar-refractivity contribution in [1.82, 2.24) is 9.47 Å². The molecule has 0 bridgehead atoms. The van der Waals surface area contributed by atoms with Gasteiger partial charge in [0.1, 0.15) is 0 Å². The van der Waals surface area contributed by atoms with Crippen LogP contribution in [0.4, 0.5) is 0 Å². The highest BCUT2D eigenvalue weighted by Crippen LogP contribution is 2.21. The zero-order chi connectivity index (χ0) is 16.2. The summed E-state index contributed by atoms with van der Waals surface area (Å²) in [5.41, 5.74) is 1.15. The van der Waals surface area contributed by atoms with Gasteiger partial charge in [0.25, 0.3) is 0 Å². The van der Waals surface area contributed by atoms with Crippen LogP contribution >= 0.6 is 11.6 Å². The number of carbonyl (C=O) groups is 1. The number of hydrogen-bond donors (Lipinski definition) is 1. The zero-order valence-corrected chi connectivity index (χ0v) is 14.0. The van der Waals surface area contributed by atoms with Crippen molar-refractivity contribution in [3.63, 3.8) is 0 Å². The van der Waals surface area contributed by atoms with Crippen LogP contribution in [-0.4, -0.2) is 40.2 Å². The molecule has 0 saturated carbocycles. The van der Waals surface area contributed by atoms with E-state index in [1.54, 1.807) is 0 Å². The van der Waals surface area contributed by atoms with E-state index in [4.69, 9.17) is 11.6 Å². The first-order valence-electron chi connectivity index (χ1n) is 8.30. The molecule has 23 heavy (non-hydrogen) atoms. The first-order chi connectivity index (χ1) is 11.2. The summed E-state index contributed by atoms with van der Waals surface area (Å²) < 4.78 is 2.17. The van der Waals surface area contributed by atoms with Crippen molar-refractivity contribution in [2.24, 2.45) is 5.92 Å². The van der Waals surface area contributed by atoms with Gasteiger partial charge in [-0.3, -0.25) is 4.79 Å². The van der Waals surface area contributed by atoms with Crippen LogP contribution < -0.4 is 0 Å². The predicted molar refractivity (Wildman–Crippen MR) is 92.6 cm³/mol. The Morgan fingerprint density at radius 2 is 2.22 bits per heavy atom. The molecule has 1 aliphatic rings. The Morgan fingerprint density at radius 3 is 3.04 bits per heavy atom. The molecule has 0 radical (unpaired) electrons. The number of aliphatic hydroxyl groups excluding tert-OH is 1. The number of amides is 1. The van der Waals surface area contributed by atoms with E-state index < -0.39 is 0 Å². The second kappa shape index (κ2) is 7.37. The highest BCUT2D eigenvalue weighted by Gasteiger charge is 2.22. The van der Waals surface area contributed by atoms with Crippen molar-refractivity contribution in [2.75, 3.05) is 19.7 Å². The van der Waals surface area contributed by atoms with E-state index in [1.165, 1.54) is 0 Å². The fourth-order valence-electron chi connectivity index (χ4n) is 3.37. The Labute approximate surface area is 141 Å². The Kier molecular flexibility index (Phi) is 5.23. The van der Waals surface area contributed by atoms with Gasteiger partial charge < -0.3 is 14.6 Å². The van der Waals surface area contributed by atoms with Crippen LogP contribution in [0.15, 0.2) is 30.5 Å². The number of nitrogens with zero attached hydrogens (tertiary/aromatic N) is 2. The maximum Gasteiger partial charge on any atom is 0.222 e. The molecule has 5 heteroatoms. The number of aromatic nitrogens is 1. The third-order valence-electron chi connectivity index (χ3n) is 4.65. The lowest BCUT2D eigenvalue weighted by Gasteiger charge is -2.32. The number of likely N-dealkylation sites (tertiary alicyclic amines) is 1. The smallest absolute Gasteiger partial charge is 0.222 e. The number of rotatable bonds is 5. The molecule has 1 fully saturated rings. The third kappa shape index (κ3) is 3.88. The molecule has 124 valence electrons. The van der Waals surface area contributed by atoms with E-state index in [0.29, 0.717) is 13.0 Å². The summed E-state index contributed by atoms with van der Waals surface area (Å²) in [5, 5.41) is 11.1. The molecule has 4 nitrogen and oxygen atoms in total. The Morgan fingerprint density at radius 1 is 1.35 bits per heavy atom. The van der Waals surface area contributed by atoms with Gasteiger partial charge in [0, 0.05) is 54.8 Å². The molecule has 1 aromatic carbocycles. The molecule has 2 heterocycles. The minimum atomic E-state index is 0.182. The lowest BCUT2D eigenvalue weighted by Crippen LogP contribution is -2.40. The highest BCUT2D eigenvalue weighted by atomic mass is 35.5. The van der Waals surface area contributed by atoms with Gasteiger partial charge in [0.05, 0.1) is 0 Å². The summed E-state index contributed by atoms with van der Waals surface area (Å²) in [6.45, 7) is 2.55. The Balaban J connectivity index is 1.53. The summed E-state index contributed by atoms with van der Waals surface area (Å²) in [6, 6.07) is 7.94. The molecule has 1 amide bonds. The number of benzene rings is 1. The SMILES string of the molecule is O=C(CCCn1ccc2cc(Cl)ccc21)N1CCCC(CO)C1. The summed E-state index contributed by atoms with van der Waals surface area (Å²) in [4.78, 5) is 14.2. The lowest BCUT2D eigenvalue weighted by atomic mass is 9.99. The number of carbonyl (C=O) groups excluding carboxylic acids is 1. The second-order valence-electron chi connectivity index (χ2n) is 6.35. The van der Waals surface area contributed by atoms with Gasteiger partial charge in [-0.1, -0.05) is 11.6 Å². The van der Waals surface area contributed by atoms with Gasteiger partial charge in [-0.25, -0.2) is 0 Å². The van der Waals surface area contributed by atoms with E-state index in [0.717, 1.165) is 48.3 Å². The maximum atomic E-state index is 12.3. The summed E-state index contributed by atoms with van der Waals surface area (Å²) in [6.07, 6.45) is 5.46. The van der Waals surface area contributed by atoms with Crippen LogP contribution in [0.25, 0.3) is 10.9 Å². The van der Waals surface area contributed by atoms with E-state index in [2.05, 4.69) is 10.6 Å². The standard InChI is InChI=1S/C18H23ClN2O2/c19-16-5-6-17-15(11-16)7-10-20(17)8-2-4-18(23)21-9-1-3-14(12-21)13-22/h5-7,10-11,14,22H,1-4,8-9,12-13H2. The van der Waals surface area contributed by atoms with Crippen molar-refractivity contribution < 1.29 is 9.90 Å². The number of piperidine rings is 1. The molecule has 1 saturated heterocycles. The second-order valence-corrected chi connectivity index (χ2v) is 6.78. The van der Waals surface area contributed by atoms with Gasteiger partial charge in [0.15, 0.2) is 0 Å². The normalized spacial score (nSPS) is 18.5. The van der Waals surface area contributed by atoms with Crippen molar-refractivity contribution in [1.29, 1.82) is 0 Å². The van der Waals surface area contributed by atoms with Gasteiger partial charge in [-0.2, -0.15) is 0 Å². The quantitative estimate of drug-likeness (QED) is 0.911. The molecule has 1 aliphatic heterocycles. The molecule has 1 unspecified atom stereocenters. The molecule has 1 N–H and O–H groups in total. The molecule has 1 atom stereocenters. The van der Waals surface area contributed by atoms with Gasteiger partial charge in [-0.05, 0) is 49.4 Å². The number of fused-ring (bicyclic) bond motifs is 1. The molecule has 1 aromatic heterocycles. The van der Waals surface area contributed by atoms with E-state index in [1.807, 2.05) is 29.3 Å². The minimum Gasteiger partial charge on any atom is -0.396 e. The van der Waals surface area contributed by atoms with Gasteiger partial charge in [-0.15, -0.1) is 0 Å². The van der Waals surface area contributed by atoms with Crippen molar-refractivity contribution in [2.45, 2.75) is 32.2 Å². The molecule has 3 rings (SSSR count). The van der Waals surface area contributed by atoms with E-state index in [9.17, 15) is 9.90 Å². The van der Waals surface area contributed by atoms with E-state index >= 15 is 0 Å². The van der Waals surface area contributed by atoms with Crippen LogP contribution in [0, 0.1) is 5.92 Å². The largest absolute Gasteiger partial charge is 0.396 e. The summed E-state index contributed by atoms with van der Waals surface area (Å²) in [5.74, 6) is 0.466. The molecule has 0 aliphatic carbocycles. The molecular weight excluding hydrogens is 312 g/mol. The molecule has 2 aromatic rings. The average Bonchev–Trinajstić information content (AvgIpc) is 2.97. The molecule has 0 spiro atoms. The maximum absolute atomic E-state index is 12.3. The number of halogens is 1. The first kappa shape index (κ1) is 16.3. The predicted octanol–water partition coefficient (Wildman–Crippen LogP) is 3.31. The van der Waals surface area contributed by atoms with Crippen molar-refractivity contribution >= 4 is 28.4 Å². The Hall–Kier alpha value is -1.52. The topological polar surface area (TPSA) is 45.5 Å². The van der Waals surface area contributed by atoms with Crippen LogP contribution in [0.1, 0.15) is 25.7 Å². The summed E-state index contributed by atoms with van der Waals surface area (Å²) in [7, 11) is 0. The number of aliphatic hydroxyl groups is 1. The van der Waals surface area contributed by atoms with Gasteiger partial charge in [0.2, 0.25) is 5.91 Å². The van der Waals surface area contributed by atoms with Gasteiger partial charge >= 0.3 is 0 Å². The summed E-state index contributed by atoms with van der Waals surface area (Å²) >= 11 is 6.01. The van der Waals surface area contributed by atoms with Crippen LogP contribution in [0.3, 0.4) is 0 Å². The first-order valence-corrected chi connectivity index (χ1v) is 8.68. The van der Waals surface area contributed by atoms with Crippen molar-refractivity contribution in [3.05, 3.63) is 35.5 Å². The highest BCUT2D eigenvalue weighted by molar-refractivity contribution is 6.31. The number of aryl methyl sites for hydroxylation is 1. The lowest BCUT2D eigenvalue weighted by molar-refractivity contribution is -0.133. The fourth-order valence-corrected chi connectivity index (χ4v) is 3.55. The van der Waals surface area contributed by atoms with Crippen LogP contribution in [0.2, 0.25) is 5.02 Å². The van der Waals surface area contributed by atoms with E-state index in [-0.39, 0.29) is 18.4 Å². The molecular formula is C18H23ClN2O2.